The van der Waals surface area contributed by atoms with Gasteiger partial charge in [0.25, 0.3) is 0 Å². The summed E-state index contributed by atoms with van der Waals surface area (Å²) in [5.74, 6) is -2.76. The highest BCUT2D eigenvalue weighted by Crippen LogP contribution is 2.49. The van der Waals surface area contributed by atoms with Crippen molar-refractivity contribution in [2.24, 2.45) is 5.41 Å². The molecule has 3 rings (SSSR count). The van der Waals surface area contributed by atoms with Gasteiger partial charge in [-0.2, -0.15) is 13.2 Å². The molecule has 0 bridgehead atoms. The number of nitrogens with zero attached hydrogens (tertiary/aromatic N) is 3. The van der Waals surface area contributed by atoms with Crippen molar-refractivity contribution in [2.45, 2.75) is 51.4 Å². The molecule has 7 nitrogen and oxygen atoms in total. The summed E-state index contributed by atoms with van der Waals surface area (Å²) in [4.78, 5) is 29.3. The summed E-state index contributed by atoms with van der Waals surface area (Å²) in [5, 5.41) is 13.6. The molecule has 29 heavy (non-hydrogen) atoms. The highest BCUT2D eigenvalue weighted by atomic mass is 32.1. The minimum absolute atomic E-state index is 0.0384. The Morgan fingerprint density at radius 3 is 2.31 bits per heavy atom. The van der Waals surface area contributed by atoms with E-state index in [0.717, 1.165) is 38.2 Å². The number of alkyl halides is 3. The SMILES string of the molecule is Cc1csc(CN2CCC3(CC2)CC(NC(=O)N(C)C)C3)n1.O=C(O)C(F)(F)F. The standard InChI is InChI=1S/C16H26N4OS.C2HF3O2/c1-12-11-22-14(17-12)10-20-6-4-16(5-7-20)8-13(9-16)18-15(21)19(2)3;3-2(4,5)1(6)7/h11,13H,4-10H2,1-3H3,(H,18,21);(H,6,7). The second-order valence-electron chi connectivity index (χ2n) is 7.91. The van der Waals surface area contributed by atoms with E-state index in [9.17, 15) is 18.0 Å². The molecule has 2 N–H and O–H groups in total. The molecule has 1 aromatic heterocycles. The first-order chi connectivity index (χ1) is 13.4. The molecule has 1 saturated heterocycles. The fraction of sp³-hybridized carbons (Fsp3) is 0.722. The van der Waals surface area contributed by atoms with E-state index in [1.165, 1.54) is 17.8 Å². The van der Waals surface area contributed by atoms with Gasteiger partial charge in [0, 0.05) is 31.2 Å². The van der Waals surface area contributed by atoms with E-state index >= 15 is 0 Å². The summed E-state index contributed by atoms with van der Waals surface area (Å²) in [5.41, 5.74) is 1.62. The molecular weight excluding hydrogens is 409 g/mol. The van der Waals surface area contributed by atoms with Gasteiger partial charge in [-0.1, -0.05) is 0 Å². The zero-order chi connectivity index (χ0) is 21.8. The molecule has 0 unspecified atom stereocenters. The molecule has 1 aliphatic carbocycles. The molecule has 1 saturated carbocycles. The number of carbonyl (C=O) groups is 2. The van der Waals surface area contributed by atoms with Gasteiger partial charge < -0.3 is 15.3 Å². The first-order valence-corrected chi connectivity index (χ1v) is 10.2. The molecule has 164 valence electrons. The summed E-state index contributed by atoms with van der Waals surface area (Å²) < 4.78 is 31.7. The summed E-state index contributed by atoms with van der Waals surface area (Å²) in [6.45, 7) is 5.37. The van der Waals surface area contributed by atoms with Crippen LogP contribution in [0.25, 0.3) is 0 Å². The van der Waals surface area contributed by atoms with Crippen LogP contribution in [0.1, 0.15) is 36.4 Å². The van der Waals surface area contributed by atoms with Crippen molar-refractivity contribution in [1.82, 2.24) is 20.1 Å². The van der Waals surface area contributed by atoms with E-state index in [0.29, 0.717) is 11.5 Å². The van der Waals surface area contributed by atoms with Gasteiger partial charge in [0.1, 0.15) is 5.01 Å². The number of amides is 2. The Kier molecular flexibility index (Phi) is 7.50. The Labute approximate surface area is 171 Å². The predicted molar refractivity (Wildman–Crippen MR) is 103 cm³/mol. The monoisotopic (exact) mass is 436 g/mol. The zero-order valence-electron chi connectivity index (χ0n) is 16.8. The molecule has 2 aliphatic rings. The van der Waals surface area contributed by atoms with Crippen molar-refractivity contribution in [3.8, 4) is 0 Å². The number of urea groups is 1. The van der Waals surface area contributed by atoms with E-state index in [1.807, 2.05) is 0 Å². The third-order valence-electron chi connectivity index (χ3n) is 5.28. The van der Waals surface area contributed by atoms with Gasteiger partial charge in [0.05, 0.1) is 6.54 Å². The van der Waals surface area contributed by atoms with Crippen molar-refractivity contribution in [2.75, 3.05) is 27.2 Å². The van der Waals surface area contributed by atoms with Crippen LogP contribution in [0, 0.1) is 12.3 Å². The third kappa shape index (κ3) is 6.84. The van der Waals surface area contributed by atoms with Crippen LogP contribution < -0.4 is 5.32 Å². The van der Waals surface area contributed by atoms with Gasteiger partial charge in [-0.3, -0.25) is 4.90 Å². The number of thiazole rings is 1. The number of hydrogen-bond donors (Lipinski definition) is 2. The topological polar surface area (TPSA) is 85.8 Å². The number of piperidine rings is 1. The van der Waals surface area contributed by atoms with Crippen LogP contribution in [0.5, 0.6) is 0 Å². The van der Waals surface area contributed by atoms with Gasteiger partial charge in [-0.15, -0.1) is 11.3 Å². The Bertz CT molecular complexity index is 707. The van der Waals surface area contributed by atoms with E-state index in [4.69, 9.17) is 9.90 Å². The van der Waals surface area contributed by atoms with Crippen molar-refractivity contribution in [3.05, 3.63) is 16.1 Å². The third-order valence-corrected chi connectivity index (χ3v) is 6.23. The van der Waals surface area contributed by atoms with E-state index in [-0.39, 0.29) is 6.03 Å². The van der Waals surface area contributed by atoms with Crippen molar-refractivity contribution in [3.63, 3.8) is 0 Å². The Morgan fingerprint density at radius 2 is 1.90 bits per heavy atom. The van der Waals surface area contributed by atoms with Crippen molar-refractivity contribution in [1.29, 1.82) is 0 Å². The molecule has 1 aromatic rings. The van der Waals surface area contributed by atoms with Crippen LogP contribution in [0.3, 0.4) is 0 Å². The number of nitrogens with one attached hydrogen (secondary N) is 1. The highest BCUT2D eigenvalue weighted by molar-refractivity contribution is 7.09. The lowest BCUT2D eigenvalue weighted by atomic mass is 9.60. The molecule has 0 aromatic carbocycles. The van der Waals surface area contributed by atoms with Crippen LogP contribution in [0.2, 0.25) is 0 Å². The number of carboxylic acid groups (broad SMARTS) is 1. The first-order valence-electron chi connectivity index (χ1n) is 9.31. The fourth-order valence-corrected chi connectivity index (χ4v) is 4.46. The summed E-state index contributed by atoms with van der Waals surface area (Å²) >= 11 is 1.77. The first kappa shape index (κ1) is 23.4. The smallest absolute Gasteiger partial charge is 0.475 e. The predicted octanol–water partition coefficient (Wildman–Crippen LogP) is 3.10. The van der Waals surface area contributed by atoms with Gasteiger partial charge in [0.15, 0.2) is 0 Å². The maximum absolute atomic E-state index is 11.7. The minimum atomic E-state index is -5.08. The zero-order valence-corrected chi connectivity index (χ0v) is 17.6. The lowest BCUT2D eigenvalue weighted by Gasteiger charge is -2.52. The highest BCUT2D eigenvalue weighted by Gasteiger charge is 2.46. The molecule has 1 spiro atoms. The number of likely N-dealkylation sites (tertiary alicyclic amines) is 1. The molecule has 1 aliphatic heterocycles. The maximum Gasteiger partial charge on any atom is 0.490 e. The molecule has 2 fully saturated rings. The molecule has 11 heteroatoms. The Morgan fingerprint density at radius 1 is 1.34 bits per heavy atom. The average molecular weight is 437 g/mol. The normalized spacial score (nSPS) is 19.1. The van der Waals surface area contributed by atoms with E-state index in [2.05, 4.69) is 27.5 Å². The van der Waals surface area contributed by atoms with E-state index < -0.39 is 12.1 Å². The average Bonchev–Trinajstić information content (AvgIpc) is 2.99. The molecule has 0 atom stereocenters. The van der Waals surface area contributed by atoms with Crippen LogP contribution in [0.4, 0.5) is 18.0 Å². The summed E-state index contributed by atoms with van der Waals surface area (Å²) in [6, 6.07) is 0.416. The van der Waals surface area contributed by atoms with Crippen LogP contribution in [-0.2, 0) is 11.3 Å². The number of aryl methyl sites for hydroxylation is 1. The Hall–Kier alpha value is -1.88. The number of rotatable bonds is 3. The van der Waals surface area contributed by atoms with Gasteiger partial charge in [-0.25, -0.2) is 14.6 Å². The number of carboxylic acids is 1. The molecule has 2 heterocycles. The second-order valence-corrected chi connectivity index (χ2v) is 8.85. The van der Waals surface area contributed by atoms with Crippen LogP contribution >= 0.6 is 11.3 Å². The van der Waals surface area contributed by atoms with E-state index in [1.54, 1.807) is 30.3 Å². The molecular formula is C18H27F3N4O3S. The van der Waals surface area contributed by atoms with Crippen molar-refractivity contribution < 1.29 is 27.9 Å². The summed E-state index contributed by atoms with van der Waals surface area (Å²) in [6.07, 6.45) is -0.273. The number of aliphatic carboxylic acids is 1. The minimum Gasteiger partial charge on any atom is -0.475 e. The van der Waals surface area contributed by atoms with Gasteiger partial charge >= 0.3 is 18.2 Å². The number of aromatic nitrogens is 1. The fourth-order valence-electron chi connectivity index (χ4n) is 3.65. The van der Waals surface area contributed by atoms with Crippen molar-refractivity contribution >= 4 is 23.3 Å². The quantitative estimate of drug-likeness (QED) is 0.761. The van der Waals surface area contributed by atoms with Gasteiger partial charge in [-0.05, 0) is 51.1 Å². The molecule has 0 radical (unpaired) electrons. The second kappa shape index (κ2) is 9.29. The number of carbonyl (C=O) groups excluding carboxylic acids is 1. The lowest BCUT2D eigenvalue weighted by molar-refractivity contribution is -0.192. The summed E-state index contributed by atoms with van der Waals surface area (Å²) in [7, 11) is 3.59. The molecule has 2 amide bonds. The Balaban J connectivity index is 0.000000370. The number of hydrogen-bond acceptors (Lipinski definition) is 5. The van der Waals surface area contributed by atoms with Crippen LogP contribution in [-0.4, -0.2) is 71.3 Å². The van der Waals surface area contributed by atoms with Gasteiger partial charge in [0.2, 0.25) is 0 Å². The van der Waals surface area contributed by atoms with Crippen LogP contribution in [0.15, 0.2) is 5.38 Å². The number of halogens is 3. The lowest BCUT2D eigenvalue weighted by Crippen LogP contribution is -2.56. The largest absolute Gasteiger partial charge is 0.490 e. The maximum atomic E-state index is 11.7.